The molecule has 0 saturated carbocycles. The summed E-state index contributed by atoms with van der Waals surface area (Å²) in [4.78, 5) is 16.6. The molecule has 1 atom stereocenters. The molecule has 0 fully saturated rings. The van der Waals surface area contributed by atoms with Crippen molar-refractivity contribution in [3.8, 4) is 9.75 Å². The number of unbranched alkanes of at least 4 members (excludes halogenated alkanes) is 11. The van der Waals surface area contributed by atoms with Crippen LogP contribution in [0.3, 0.4) is 0 Å². The maximum atomic E-state index is 13.2. The Morgan fingerprint density at radius 1 is 0.702 bits per heavy atom. The summed E-state index contributed by atoms with van der Waals surface area (Å²) in [7, 11) is 0. The number of esters is 1. The quantitative estimate of drug-likeness (QED) is 0.0528. The van der Waals surface area contributed by atoms with Crippen molar-refractivity contribution in [3.05, 3.63) is 45.0 Å². The van der Waals surface area contributed by atoms with Crippen LogP contribution in [0.2, 0.25) is 0 Å². The first-order valence-electron chi connectivity index (χ1n) is 18.7. The number of fused-ring (bicyclic) bond motifs is 3. The second kappa shape index (κ2) is 18.9. The van der Waals surface area contributed by atoms with Gasteiger partial charge in [0, 0.05) is 29.7 Å². The highest BCUT2D eigenvalue weighted by Gasteiger charge is 2.22. The largest absolute Gasteiger partial charge is 0.461 e. The maximum Gasteiger partial charge on any atom is 0.348 e. The number of hydrogen-bond acceptors (Lipinski definition) is 6. The first kappa shape index (κ1) is 36.5. The van der Waals surface area contributed by atoms with Gasteiger partial charge in [-0.2, -0.15) is 0 Å². The van der Waals surface area contributed by atoms with Gasteiger partial charge in [-0.25, -0.2) is 4.79 Å². The summed E-state index contributed by atoms with van der Waals surface area (Å²) in [6.45, 7) is 9.55. The Kier molecular flexibility index (Phi) is 14.7. The minimum atomic E-state index is -0.156. The minimum absolute atomic E-state index is 0.156. The van der Waals surface area contributed by atoms with Crippen LogP contribution in [0.1, 0.15) is 151 Å². The van der Waals surface area contributed by atoms with E-state index in [9.17, 15) is 4.79 Å². The Morgan fingerprint density at radius 3 is 2.04 bits per heavy atom. The molecule has 0 amide bonds. The zero-order valence-corrected chi connectivity index (χ0v) is 32.6. The van der Waals surface area contributed by atoms with E-state index in [1.54, 1.807) is 22.5 Å². The van der Waals surface area contributed by atoms with Gasteiger partial charge in [0.15, 0.2) is 0 Å². The highest BCUT2D eigenvalue weighted by Crippen LogP contribution is 2.48. The molecule has 0 aliphatic rings. The smallest absolute Gasteiger partial charge is 0.348 e. The van der Waals surface area contributed by atoms with Gasteiger partial charge in [0.1, 0.15) is 4.88 Å². The summed E-state index contributed by atoms with van der Waals surface area (Å²) in [5, 5.41) is 8.79. The molecule has 4 aromatic heterocycles. The fourth-order valence-corrected chi connectivity index (χ4v) is 11.5. The molecule has 6 heteroatoms. The molecule has 0 radical (unpaired) electrons. The molecule has 0 spiro atoms. The second-order valence-corrected chi connectivity index (χ2v) is 17.4. The third kappa shape index (κ3) is 9.29. The van der Waals surface area contributed by atoms with Crippen molar-refractivity contribution in [2.45, 2.75) is 143 Å². The van der Waals surface area contributed by atoms with Gasteiger partial charge < -0.3 is 4.74 Å². The molecule has 0 N–H and O–H groups in total. The lowest BCUT2D eigenvalue weighted by molar-refractivity contribution is 0.0434. The molecule has 0 aliphatic heterocycles. The van der Waals surface area contributed by atoms with Crippen molar-refractivity contribution in [3.63, 3.8) is 0 Å². The predicted molar refractivity (Wildman–Crippen MR) is 214 cm³/mol. The van der Waals surface area contributed by atoms with Crippen LogP contribution in [0, 0.1) is 5.92 Å². The summed E-state index contributed by atoms with van der Waals surface area (Å²) < 4.78 is 10.1. The molecule has 0 bridgehead atoms. The molecule has 47 heavy (non-hydrogen) atoms. The van der Waals surface area contributed by atoms with Gasteiger partial charge in [-0.1, -0.05) is 111 Å². The minimum Gasteiger partial charge on any atom is -0.461 e. The van der Waals surface area contributed by atoms with Crippen LogP contribution < -0.4 is 0 Å². The van der Waals surface area contributed by atoms with E-state index in [4.69, 9.17) is 4.74 Å². The standard InChI is InChI=1S/C41H56O2S4/c1-5-9-12-14-16-18-21-30-32-23-24-44-38(32)31(22-19-17-15-13-10-6-2)33-25-35(47-39(30)33)40-34-26-36(46-37(34)28-45-40)41(42)43-27-29(8-4)20-11-7-3/h23-26,28-29H,5-22,27H2,1-4H3. The van der Waals surface area contributed by atoms with Gasteiger partial charge in [-0.05, 0) is 83.5 Å². The van der Waals surface area contributed by atoms with Gasteiger partial charge in [-0.15, -0.1) is 45.3 Å². The number of carbonyl (C=O) groups is 1. The normalized spacial score (nSPS) is 12.6. The summed E-state index contributed by atoms with van der Waals surface area (Å²) in [5.41, 5.74) is 3.15. The molecule has 0 saturated heterocycles. The van der Waals surface area contributed by atoms with Crippen molar-refractivity contribution in [1.29, 1.82) is 0 Å². The molecule has 4 heterocycles. The number of thiophene rings is 4. The lowest BCUT2D eigenvalue weighted by Gasteiger charge is -2.14. The van der Waals surface area contributed by atoms with Crippen LogP contribution in [0.25, 0.3) is 40.0 Å². The van der Waals surface area contributed by atoms with Gasteiger partial charge in [0.25, 0.3) is 0 Å². The number of carbonyl (C=O) groups excluding carboxylic acids is 1. The third-order valence-corrected chi connectivity index (χ3v) is 14.4. The third-order valence-electron chi connectivity index (χ3n) is 9.86. The number of benzene rings is 1. The highest BCUT2D eigenvalue weighted by atomic mass is 32.1. The van der Waals surface area contributed by atoms with E-state index in [0.29, 0.717) is 12.5 Å². The first-order valence-corrected chi connectivity index (χ1v) is 22.1. The zero-order valence-electron chi connectivity index (χ0n) is 29.3. The van der Waals surface area contributed by atoms with Crippen LogP contribution in [0.4, 0.5) is 0 Å². The van der Waals surface area contributed by atoms with Crippen LogP contribution in [-0.2, 0) is 17.6 Å². The Balaban J connectivity index is 1.43. The van der Waals surface area contributed by atoms with E-state index in [1.165, 1.54) is 143 Å². The topological polar surface area (TPSA) is 26.3 Å². The van der Waals surface area contributed by atoms with Crippen molar-refractivity contribution in [1.82, 2.24) is 0 Å². The fourth-order valence-electron chi connectivity index (χ4n) is 6.94. The monoisotopic (exact) mass is 708 g/mol. The summed E-state index contributed by atoms with van der Waals surface area (Å²) >= 11 is 7.38. The molecule has 5 aromatic rings. The lowest BCUT2D eigenvalue weighted by Crippen LogP contribution is -2.13. The van der Waals surface area contributed by atoms with E-state index < -0.39 is 0 Å². The number of hydrogen-bond donors (Lipinski definition) is 0. The molecule has 2 nitrogen and oxygen atoms in total. The highest BCUT2D eigenvalue weighted by molar-refractivity contribution is 7.29. The van der Waals surface area contributed by atoms with E-state index in [1.807, 2.05) is 34.0 Å². The van der Waals surface area contributed by atoms with Crippen molar-refractivity contribution >= 4 is 81.6 Å². The SMILES string of the molecule is CCCCCCCCc1c2cc(-c3scc4sc(C(=O)OCC(CC)CCCC)cc34)sc2c(CCCCCCCC)c2ccsc12. The summed E-state index contributed by atoms with van der Waals surface area (Å²) in [5.74, 6) is 0.301. The Labute approximate surface area is 299 Å². The number of rotatable bonds is 22. The van der Waals surface area contributed by atoms with E-state index in [2.05, 4.69) is 56.7 Å². The van der Waals surface area contributed by atoms with E-state index >= 15 is 0 Å². The van der Waals surface area contributed by atoms with Gasteiger partial charge in [0.05, 0.1) is 11.5 Å². The van der Waals surface area contributed by atoms with Crippen LogP contribution in [-0.4, -0.2) is 12.6 Å². The number of aryl methyl sites for hydroxylation is 2. The van der Waals surface area contributed by atoms with Gasteiger partial charge >= 0.3 is 5.97 Å². The molecular weight excluding hydrogens is 653 g/mol. The second-order valence-electron chi connectivity index (χ2n) is 13.5. The van der Waals surface area contributed by atoms with Crippen molar-refractivity contribution in [2.24, 2.45) is 5.92 Å². The summed E-state index contributed by atoms with van der Waals surface area (Å²) in [6, 6.07) is 7.02. The van der Waals surface area contributed by atoms with Crippen LogP contribution in [0.15, 0.2) is 29.0 Å². The average molecular weight is 709 g/mol. The molecular formula is C41H56O2S4. The molecule has 1 unspecified atom stereocenters. The van der Waals surface area contributed by atoms with Gasteiger partial charge in [0.2, 0.25) is 0 Å². The number of ether oxygens (including phenoxy) is 1. The van der Waals surface area contributed by atoms with E-state index in [0.717, 1.165) is 17.7 Å². The van der Waals surface area contributed by atoms with Crippen LogP contribution in [0.5, 0.6) is 0 Å². The average Bonchev–Trinajstić information content (AvgIpc) is 3.89. The molecule has 0 aliphatic carbocycles. The van der Waals surface area contributed by atoms with Crippen molar-refractivity contribution in [2.75, 3.05) is 6.61 Å². The predicted octanol–water partition coefficient (Wildman–Crippen LogP) is 15.2. The first-order chi connectivity index (χ1) is 23.1. The lowest BCUT2D eigenvalue weighted by atomic mass is 9.95. The molecule has 5 rings (SSSR count). The Morgan fingerprint density at radius 2 is 1.36 bits per heavy atom. The van der Waals surface area contributed by atoms with Gasteiger partial charge in [-0.3, -0.25) is 0 Å². The van der Waals surface area contributed by atoms with Crippen molar-refractivity contribution < 1.29 is 9.53 Å². The summed E-state index contributed by atoms with van der Waals surface area (Å²) in [6.07, 6.45) is 22.8. The molecule has 256 valence electrons. The van der Waals surface area contributed by atoms with Crippen LogP contribution >= 0.6 is 45.3 Å². The zero-order chi connectivity index (χ0) is 33.0. The van der Waals surface area contributed by atoms with E-state index in [-0.39, 0.29) is 5.97 Å². The Bertz CT molecular complexity index is 1610. The Hall–Kier alpha value is -1.73. The maximum absolute atomic E-state index is 13.2. The molecule has 1 aromatic carbocycles. The fraction of sp³-hybridized carbons (Fsp3) is 0.585.